The molecule has 5 rings (SSSR count). The molecule has 0 saturated carbocycles. The van der Waals surface area contributed by atoms with Gasteiger partial charge < -0.3 is 15.2 Å². The van der Waals surface area contributed by atoms with E-state index in [-0.39, 0.29) is 10.5 Å². The van der Waals surface area contributed by atoms with Crippen molar-refractivity contribution in [1.82, 2.24) is 25.3 Å². The molecule has 0 atom stereocenters. The average molecular weight is 514 g/mol. The molecule has 0 spiro atoms. The van der Waals surface area contributed by atoms with Gasteiger partial charge in [0.25, 0.3) is 16.7 Å². The topological polar surface area (TPSA) is 133 Å². The lowest BCUT2D eigenvalue weighted by Gasteiger charge is -2.19. The van der Waals surface area contributed by atoms with Gasteiger partial charge in [-0.15, -0.1) is 0 Å². The molecule has 0 radical (unpaired) electrons. The molecule has 1 aliphatic rings. The van der Waals surface area contributed by atoms with Crippen LogP contribution >= 0.6 is 11.8 Å². The lowest BCUT2D eigenvalue weighted by Crippen LogP contribution is -2.20. The van der Waals surface area contributed by atoms with Crippen LogP contribution in [0.1, 0.15) is 17.1 Å². The van der Waals surface area contributed by atoms with Gasteiger partial charge in [0, 0.05) is 32.6 Å². The Morgan fingerprint density at radius 1 is 1.00 bits per heavy atom. The van der Waals surface area contributed by atoms with Crippen LogP contribution in [0.3, 0.4) is 0 Å². The molecule has 0 bridgehead atoms. The summed E-state index contributed by atoms with van der Waals surface area (Å²) < 4.78 is 0. The van der Waals surface area contributed by atoms with Crippen LogP contribution in [-0.4, -0.2) is 44.7 Å². The largest absolute Gasteiger partial charge is 0.355 e. The Balaban J connectivity index is 1.38. The van der Waals surface area contributed by atoms with Crippen LogP contribution in [0.5, 0.6) is 0 Å². The number of hydrogen-bond donors (Lipinski definition) is 3. The quantitative estimate of drug-likeness (QED) is 0.303. The minimum atomic E-state index is -0.450. The number of aromatic nitrogens is 4. The van der Waals surface area contributed by atoms with Gasteiger partial charge in [0.05, 0.1) is 21.5 Å². The fraction of sp³-hybridized carbons (Fsp3) is 0.154. The third-order valence-corrected chi connectivity index (χ3v) is 6.42. The summed E-state index contributed by atoms with van der Waals surface area (Å²) in [6.07, 6.45) is 2.01. The first-order valence-electron chi connectivity index (χ1n) is 11.6. The molecule has 37 heavy (non-hydrogen) atoms. The number of benzene rings is 2. The fourth-order valence-corrected chi connectivity index (χ4v) is 4.51. The van der Waals surface area contributed by atoms with E-state index < -0.39 is 11.1 Å². The summed E-state index contributed by atoms with van der Waals surface area (Å²) in [6, 6.07) is 18.9. The van der Waals surface area contributed by atoms with Crippen molar-refractivity contribution in [1.29, 1.82) is 0 Å². The predicted molar refractivity (Wildman–Crippen MR) is 144 cm³/mol. The second-order valence-corrected chi connectivity index (χ2v) is 9.39. The maximum absolute atomic E-state index is 12.4. The second kappa shape index (κ2) is 10.6. The molecule has 2 aromatic carbocycles. The van der Waals surface area contributed by atoms with Crippen molar-refractivity contribution in [2.24, 2.45) is 0 Å². The number of aromatic amines is 1. The van der Waals surface area contributed by atoms with E-state index in [0.717, 1.165) is 17.3 Å². The van der Waals surface area contributed by atoms with Gasteiger partial charge >= 0.3 is 0 Å². The Kier molecular flexibility index (Phi) is 6.95. The van der Waals surface area contributed by atoms with Gasteiger partial charge in [-0.3, -0.25) is 19.7 Å². The summed E-state index contributed by atoms with van der Waals surface area (Å²) in [4.78, 5) is 54.7. The standard InChI is InChI=1S/C26H23N7O3S/c1-33(15-16-7-3-2-4-8-16)22-14-17(13-20-24(35)32-26(36)37-20)28-25(31-22)27-12-11-21-29-19-10-6-5-9-18(19)23(34)30-21/h2-10,13-14H,11-12,15H2,1H3,(H,27,28,31)(H,29,30,34)(H,32,35,36)/b20-13-. The number of H-pyrrole nitrogens is 1. The average Bonchev–Trinajstić information content (AvgIpc) is 3.20. The Morgan fingerprint density at radius 2 is 1.78 bits per heavy atom. The highest BCUT2D eigenvalue weighted by molar-refractivity contribution is 8.18. The molecule has 186 valence electrons. The first-order chi connectivity index (χ1) is 17.9. The third kappa shape index (κ3) is 5.84. The summed E-state index contributed by atoms with van der Waals surface area (Å²) in [5.41, 5.74) is 2.05. The van der Waals surface area contributed by atoms with Gasteiger partial charge in [-0.05, 0) is 35.5 Å². The van der Waals surface area contributed by atoms with Crippen LogP contribution in [0, 0.1) is 0 Å². The van der Waals surface area contributed by atoms with Crippen molar-refractivity contribution in [2.75, 3.05) is 23.8 Å². The van der Waals surface area contributed by atoms with Gasteiger partial charge in [0.1, 0.15) is 11.6 Å². The van der Waals surface area contributed by atoms with Crippen LogP contribution in [0.4, 0.5) is 16.6 Å². The summed E-state index contributed by atoms with van der Waals surface area (Å²) >= 11 is 0.834. The third-order valence-electron chi connectivity index (χ3n) is 5.61. The zero-order valence-corrected chi connectivity index (χ0v) is 20.7. The van der Waals surface area contributed by atoms with Crippen molar-refractivity contribution >= 4 is 51.7 Å². The van der Waals surface area contributed by atoms with Crippen molar-refractivity contribution in [3.63, 3.8) is 0 Å². The SMILES string of the molecule is CN(Cc1ccccc1)c1cc(/C=C2\SC(=O)NC2=O)nc(NCCc2nc3ccccc3c(=O)[nH]2)n1. The molecule has 0 aliphatic carbocycles. The molecule has 4 aromatic rings. The number of amides is 2. The maximum Gasteiger partial charge on any atom is 0.290 e. The number of para-hydroxylation sites is 1. The van der Waals surface area contributed by atoms with Crippen LogP contribution in [0.15, 0.2) is 70.4 Å². The number of imide groups is 1. The number of carbonyl (C=O) groups is 2. The predicted octanol–water partition coefficient (Wildman–Crippen LogP) is 3.33. The van der Waals surface area contributed by atoms with Crippen molar-refractivity contribution < 1.29 is 9.59 Å². The van der Waals surface area contributed by atoms with E-state index in [2.05, 4.69) is 30.6 Å². The summed E-state index contributed by atoms with van der Waals surface area (Å²) in [6.45, 7) is 1.03. The van der Waals surface area contributed by atoms with Gasteiger partial charge in [0.15, 0.2) is 0 Å². The van der Waals surface area contributed by atoms with E-state index in [9.17, 15) is 14.4 Å². The van der Waals surface area contributed by atoms with Gasteiger partial charge in [-0.25, -0.2) is 9.97 Å². The van der Waals surface area contributed by atoms with Crippen molar-refractivity contribution in [2.45, 2.75) is 13.0 Å². The monoisotopic (exact) mass is 513 g/mol. The first kappa shape index (κ1) is 24.2. The van der Waals surface area contributed by atoms with Crippen LogP contribution in [0.25, 0.3) is 17.0 Å². The molecule has 1 fully saturated rings. The number of thioether (sulfide) groups is 1. The number of rotatable bonds is 8. The zero-order chi connectivity index (χ0) is 25.8. The molecule has 3 N–H and O–H groups in total. The smallest absolute Gasteiger partial charge is 0.290 e. The minimum absolute atomic E-state index is 0.183. The number of nitrogens with one attached hydrogen (secondary N) is 3. The van der Waals surface area contributed by atoms with Crippen LogP contribution < -0.4 is 21.1 Å². The molecule has 11 heteroatoms. The Bertz CT molecular complexity index is 1570. The molecular formula is C26H23N7O3S. The summed E-state index contributed by atoms with van der Waals surface area (Å²) in [7, 11) is 1.92. The van der Waals surface area contributed by atoms with Gasteiger partial charge in [-0.1, -0.05) is 42.5 Å². The lowest BCUT2D eigenvalue weighted by molar-refractivity contribution is -0.115. The lowest BCUT2D eigenvalue weighted by atomic mass is 10.2. The fourth-order valence-electron chi connectivity index (χ4n) is 3.84. The van der Waals surface area contributed by atoms with Gasteiger partial charge in [-0.2, -0.15) is 4.98 Å². The molecule has 1 saturated heterocycles. The highest BCUT2D eigenvalue weighted by atomic mass is 32.2. The van der Waals surface area contributed by atoms with E-state index in [1.807, 2.05) is 48.3 Å². The highest BCUT2D eigenvalue weighted by Crippen LogP contribution is 2.26. The van der Waals surface area contributed by atoms with Crippen molar-refractivity contribution in [3.05, 3.63) is 93.0 Å². The molecular weight excluding hydrogens is 490 g/mol. The number of fused-ring (bicyclic) bond motifs is 1. The molecule has 1 aliphatic heterocycles. The van der Waals surface area contributed by atoms with Gasteiger partial charge in [0.2, 0.25) is 5.95 Å². The number of nitrogens with zero attached hydrogens (tertiary/aromatic N) is 4. The number of hydrogen-bond acceptors (Lipinski definition) is 9. The normalized spacial score (nSPS) is 14.2. The summed E-state index contributed by atoms with van der Waals surface area (Å²) in [5, 5.41) is 5.57. The van der Waals surface area contributed by atoms with Crippen LogP contribution in [0.2, 0.25) is 0 Å². The summed E-state index contributed by atoms with van der Waals surface area (Å²) in [5.74, 6) is 1.09. The maximum atomic E-state index is 12.4. The van der Waals surface area contributed by atoms with Crippen molar-refractivity contribution in [3.8, 4) is 0 Å². The number of anilines is 2. The van der Waals surface area contributed by atoms with E-state index in [1.165, 1.54) is 0 Å². The molecule has 10 nitrogen and oxygen atoms in total. The van der Waals surface area contributed by atoms with E-state index in [0.29, 0.717) is 53.7 Å². The first-order valence-corrected chi connectivity index (χ1v) is 12.4. The Hall–Kier alpha value is -4.51. The molecule has 0 unspecified atom stereocenters. The Morgan fingerprint density at radius 3 is 2.57 bits per heavy atom. The van der Waals surface area contributed by atoms with E-state index >= 15 is 0 Å². The number of carbonyl (C=O) groups excluding carboxylic acids is 2. The molecule has 2 amide bonds. The molecule has 3 heterocycles. The highest BCUT2D eigenvalue weighted by Gasteiger charge is 2.25. The zero-order valence-electron chi connectivity index (χ0n) is 19.9. The second-order valence-electron chi connectivity index (χ2n) is 8.38. The van der Waals surface area contributed by atoms with E-state index in [1.54, 1.807) is 30.3 Å². The Labute approximate surface area is 216 Å². The van der Waals surface area contributed by atoms with Crippen LogP contribution in [-0.2, 0) is 17.8 Å². The molecule has 2 aromatic heterocycles. The van der Waals surface area contributed by atoms with E-state index in [4.69, 9.17) is 0 Å². The minimum Gasteiger partial charge on any atom is -0.355 e.